The molecule has 4 rings (SSSR count). The van der Waals surface area contributed by atoms with Gasteiger partial charge in [-0.1, -0.05) is 6.07 Å². The minimum absolute atomic E-state index is 0.187. The molecule has 0 bridgehead atoms. The second-order valence-electron chi connectivity index (χ2n) is 6.58. The number of rotatable bonds is 3. The molecule has 27 heavy (non-hydrogen) atoms. The molecule has 2 aromatic rings. The number of benzene rings is 1. The molecule has 0 atom stereocenters. The van der Waals surface area contributed by atoms with Gasteiger partial charge < -0.3 is 19.7 Å². The first-order valence-electron chi connectivity index (χ1n) is 8.80. The van der Waals surface area contributed by atoms with Crippen LogP contribution in [0.25, 0.3) is 0 Å². The number of hydrogen-bond donors (Lipinski definition) is 1. The van der Waals surface area contributed by atoms with Crippen molar-refractivity contribution >= 4 is 17.3 Å². The Morgan fingerprint density at radius 1 is 1.11 bits per heavy atom. The van der Waals surface area contributed by atoms with E-state index < -0.39 is 17.4 Å². The maximum atomic E-state index is 13.8. The van der Waals surface area contributed by atoms with Gasteiger partial charge in [0, 0.05) is 32.1 Å². The average molecular weight is 375 g/mol. The van der Waals surface area contributed by atoms with Gasteiger partial charge in [-0.15, -0.1) is 0 Å². The largest absolute Gasteiger partial charge is 0.349 e. The minimum atomic E-state index is -0.718. The van der Waals surface area contributed by atoms with Gasteiger partial charge in [0.15, 0.2) is 5.79 Å². The third-order valence-electron chi connectivity index (χ3n) is 4.84. The molecule has 3 heterocycles. The lowest BCUT2D eigenvalue weighted by Gasteiger charge is -2.37. The van der Waals surface area contributed by atoms with Crippen molar-refractivity contribution in [1.29, 1.82) is 0 Å². The lowest BCUT2D eigenvalue weighted by Crippen LogP contribution is -2.47. The summed E-state index contributed by atoms with van der Waals surface area (Å²) in [7, 11) is 0. The number of carbonyl (C=O) groups excluding carboxylic acids is 1. The van der Waals surface area contributed by atoms with E-state index in [9.17, 15) is 13.6 Å². The molecule has 2 fully saturated rings. The molecule has 2 aliphatic heterocycles. The predicted molar refractivity (Wildman–Crippen MR) is 93.7 cm³/mol. The van der Waals surface area contributed by atoms with E-state index in [1.807, 2.05) is 0 Å². The summed E-state index contributed by atoms with van der Waals surface area (Å²) in [5.74, 6) is -2.18. The zero-order chi connectivity index (χ0) is 18.9. The van der Waals surface area contributed by atoms with Gasteiger partial charge in [0.2, 0.25) is 0 Å². The molecule has 0 unspecified atom stereocenters. The number of nitrogens with one attached hydrogen (secondary N) is 1. The summed E-state index contributed by atoms with van der Waals surface area (Å²) in [6.07, 6.45) is 4.08. The van der Waals surface area contributed by atoms with Crippen molar-refractivity contribution in [1.82, 2.24) is 9.88 Å². The Bertz CT molecular complexity index is 826. The molecular weight excluding hydrogens is 356 g/mol. The van der Waals surface area contributed by atoms with Crippen LogP contribution in [0.5, 0.6) is 0 Å². The van der Waals surface area contributed by atoms with Crippen molar-refractivity contribution in [2.75, 3.05) is 31.6 Å². The highest BCUT2D eigenvalue weighted by atomic mass is 19.1. The van der Waals surface area contributed by atoms with E-state index in [-0.39, 0.29) is 11.6 Å². The van der Waals surface area contributed by atoms with E-state index in [1.54, 1.807) is 4.90 Å². The molecule has 1 aromatic heterocycles. The molecular formula is C19H19F2N3O3. The number of likely N-dealkylation sites (tertiary alicyclic amines) is 1. The summed E-state index contributed by atoms with van der Waals surface area (Å²) in [6, 6.07) is 5.14. The Balaban J connectivity index is 1.47. The van der Waals surface area contributed by atoms with E-state index in [4.69, 9.17) is 9.47 Å². The van der Waals surface area contributed by atoms with Crippen molar-refractivity contribution in [3.63, 3.8) is 0 Å². The Kier molecular flexibility index (Phi) is 4.75. The maximum absolute atomic E-state index is 13.8. The smallest absolute Gasteiger partial charge is 0.255 e. The fourth-order valence-corrected chi connectivity index (χ4v) is 3.41. The van der Waals surface area contributed by atoms with Crippen LogP contribution in [0.2, 0.25) is 0 Å². The van der Waals surface area contributed by atoms with Crippen LogP contribution in [0.15, 0.2) is 36.7 Å². The van der Waals surface area contributed by atoms with E-state index in [0.29, 0.717) is 50.4 Å². The number of halogens is 2. The fourth-order valence-electron chi connectivity index (χ4n) is 3.41. The quantitative estimate of drug-likeness (QED) is 0.893. The van der Waals surface area contributed by atoms with Gasteiger partial charge in [0.05, 0.1) is 30.7 Å². The summed E-state index contributed by atoms with van der Waals surface area (Å²) in [5, 5.41) is 2.66. The van der Waals surface area contributed by atoms with Gasteiger partial charge in [0.1, 0.15) is 17.3 Å². The number of amides is 1. The van der Waals surface area contributed by atoms with Gasteiger partial charge >= 0.3 is 0 Å². The van der Waals surface area contributed by atoms with E-state index in [2.05, 4.69) is 10.3 Å². The summed E-state index contributed by atoms with van der Waals surface area (Å²) in [6.45, 7) is 2.19. The molecule has 8 heteroatoms. The van der Waals surface area contributed by atoms with Gasteiger partial charge in [-0.25, -0.2) is 8.78 Å². The topological polar surface area (TPSA) is 63.7 Å². The Morgan fingerprint density at radius 3 is 2.44 bits per heavy atom. The van der Waals surface area contributed by atoms with E-state index in [1.165, 1.54) is 24.5 Å². The molecule has 0 radical (unpaired) electrons. The maximum Gasteiger partial charge on any atom is 0.255 e. The molecule has 142 valence electrons. The van der Waals surface area contributed by atoms with Crippen LogP contribution < -0.4 is 5.32 Å². The third kappa shape index (κ3) is 3.63. The highest BCUT2D eigenvalue weighted by Gasteiger charge is 2.40. The first kappa shape index (κ1) is 17.8. The summed E-state index contributed by atoms with van der Waals surface area (Å²) in [4.78, 5) is 18.5. The average Bonchev–Trinajstić information content (AvgIpc) is 3.13. The van der Waals surface area contributed by atoms with Crippen molar-refractivity contribution < 1.29 is 23.0 Å². The molecule has 0 saturated carbocycles. The Labute approximate surface area is 155 Å². The number of piperidine rings is 1. The Hall–Kier alpha value is -2.58. The van der Waals surface area contributed by atoms with Crippen LogP contribution in [-0.2, 0) is 9.47 Å². The molecule has 6 nitrogen and oxygen atoms in total. The summed E-state index contributed by atoms with van der Waals surface area (Å²) >= 11 is 0. The van der Waals surface area contributed by atoms with Gasteiger partial charge in [-0.2, -0.15) is 0 Å². The van der Waals surface area contributed by atoms with Gasteiger partial charge in [-0.05, 0) is 18.2 Å². The van der Waals surface area contributed by atoms with Crippen molar-refractivity contribution in [2.45, 2.75) is 18.6 Å². The second-order valence-corrected chi connectivity index (χ2v) is 6.58. The number of pyridine rings is 1. The lowest BCUT2D eigenvalue weighted by molar-refractivity contribution is -0.181. The minimum Gasteiger partial charge on any atom is -0.349 e. The highest BCUT2D eigenvalue weighted by molar-refractivity contribution is 5.95. The molecule has 1 amide bonds. The number of para-hydroxylation sites is 1. The number of ether oxygens (including phenoxy) is 2. The molecule has 1 spiro atoms. The summed E-state index contributed by atoms with van der Waals surface area (Å²) in [5.41, 5.74) is 0.404. The molecule has 1 aromatic carbocycles. The van der Waals surface area contributed by atoms with Gasteiger partial charge in [-0.3, -0.25) is 9.78 Å². The fraction of sp³-hybridized carbons (Fsp3) is 0.368. The first-order chi connectivity index (χ1) is 13.1. The van der Waals surface area contributed by atoms with Crippen LogP contribution in [0.3, 0.4) is 0 Å². The normalized spacial score (nSPS) is 18.7. The SMILES string of the molecule is O=C(c1cncc(Nc2c(F)cccc2F)c1)N1CCC2(CC1)OCCO2. The molecule has 2 saturated heterocycles. The highest BCUT2D eigenvalue weighted by Crippen LogP contribution is 2.32. The number of carbonyl (C=O) groups is 1. The first-order valence-corrected chi connectivity index (χ1v) is 8.80. The number of anilines is 2. The van der Waals surface area contributed by atoms with Crippen LogP contribution in [0, 0.1) is 11.6 Å². The van der Waals surface area contributed by atoms with Crippen molar-refractivity contribution in [3.8, 4) is 0 Å². The monoisotopic (exact) mass is 375 g/mol. The summed E-state index contributed by atoms with van der Waals surface area (Å²) < 4.78 is 39.0. The lowest BCUT2D eigenvalue weighted by atomic mass is 10.0. The van der Waals surface area contributed by atoms with Crippen LogP contribution in [0.4, 0.5) is 20.2 Å². The van der Waals surface area contributed by atoms with Crippen molar-refractivity contribution in [3.05, 3.63) is 53.9 Å². The standard InChI is InChI=1S/C19H19F2N3O3/c20-15-2-1-3-16(21)17(15)23-14-10-13(11-22-12-14)18(25)24-6-4-19(5-7-24)26-8-9-27-19/h1-3,10-12,23H,4-9H2. The molecule has 0 aliphatic carbocycles. The number of aromatic nitrogens is 1. The molecule has 1 N–H and O–H groups in total. The zero-order valence-electron chi connectivity index (χ0n) is 14.6. The Morgan fingerprint density at radius 2 is 1.78 bits per heavy atom. The number of nitrogens with zero attached hydrogens (tertiary/aromatic N) is 2. The second kappa shape index (κ2) is 7.21. The van der Waals surface area contributed by atoms with Crippen LogP contribution >= 0.6 is 0 Å². The third-order valence-corrected chi connectivity index (χ3v) is 4.84. The zero-order valence-corrected chi connectivity index (χ0v) is 14.6. The van der Waals surface area contributed by atoms with Gasteiger partial charge in [0.25, 0.3) is 5.91 Å². The predicted octanol–water partition coefficient (Wildman–Crippen LogP) is 3.08. The van der Waals surface area contributed by atoms with E-state index in [0.717, 1.165) is 12.1 Å². The van der Waals surface area contributed by atoms with Crippen LogP contribution in [0.1, 0.15) is 23.2 Å². The molecule has 2 aliphatic rings. The number of hydrogen-bond acceptors (Lipinski definition) is 5. The van der Waals surface area contributed by atoms with Crippen LogP contribution in [-0.4, -0.2) is 47.9 Å². The van der Waals surface area contributed by atoms with E-state index >= 15 is 0 Å². The van der Waals surface area contributed by atoms with Crippen molar-refractivity contribution in [2.24, 2.45) is 0 Å².